The van der Waals surface area contributed by atoms with E-state index in [0.29, 0.717) is 6.54 Å². The van der Waals surface area contributed by atoms with Gasteiger partial charge in [0.2, 0.25) is 0 Å². The number of hydrogen-bond acceptors (Lipinski definition) is 1. The van der Waals surface area contributed by atoms with Crippen molar-refractivity contribution in [1.29, 1.82) is 0 Å². The van der Waals surface area contributed by atoms with Gasteiger partial charge in [-0.05, 0) is 47.9 Å². The topological polar surface area (TPSA) is 12.0 Å². The Labute approximate surface area is 126 Å². The van der Waals surface area contributed by atoms with Crippen LogP contribution in [0, 0.1) is 11.6 Å². The fraction of sp³-hybridized carbons (Fsp3) is 0.250. The summed E-state index contributed by atoms with van der Waals surface area (Å²) in [6, 6.07) is 11.2. The average Bonchev–Trinajstić information content (AvgIpc) is 2.43. The molecule has 0 fully saturated rings. The van der Waals surface area contributed by atoms with Gasteiger partial charge in [-0.2, -0.15) is 0 Å². The molecule has 0 aliphatic heterocycles. The molecule has 0 saturated heterocycles. The van der Waals surface area contributed by atoms with Crippen molar-refractivity contribution >= 4 is 15.9 Å². The second kappa shape index (κ2) is 6.95. The molecule has 4 heteroatoms. The van der Waals surface area contributed by atoms with Crippen molar-refractivity contribution < 1.29 is 8.78 Å². The summed E-state index contributed by atoms with van der Waals surface area (Å²) < 4.78 is 27.4. The van der Waals surface area contributed by atoms with Crippen LogP contribution in [-0.2, 0) is 6.54 Å². The Kier molecular flexibility index (Phi) is 5.26. The van der Waals surface area contributed by atoms with Gasteiger partial charge in [-0.15, -0.1) is 0 Å². The van der Waals surface area contributed by atoms with Gasteiger partial charge in [0, 0.05) is 17.1 Å². The quantitative estimate of drug-likeness (QED) is 0.810. The smallest absolute Gasteiger partial charge is 0.123 e. The number of halogens is 3. The Morgan fingerprint density at radius 1 is 1.10 bits per heavy atom. The maximum Gasteiger partial charge on any atom is 0.123 e. The molecule has 20 heavy (non-hydrogen) atoms. The zero-order valence-corrected chi connectivity index (χ0v) is 12.8. The van der Waals surface area contributed by atoms with Crippen molar-refractivity contribution in [2.45, 2.75) is 25.9 Å². The van der Waals surface area contributed by atoms with Crippen LogP contribution in [0.5, 0.6) is 0 Å². The maximum atomic E-state index is 13.3. The van der Waals surface area contributed by atoms with E-state index in [4.69, 9.17) is 0 Å². The molecule has 0 saturated carbocycles. The third-order valence-electron chi connectivity index (χ3n) is 3.21. The highest BCUT2D eigenvalue weighted by Gasteiger charge is 2.10. The second-order valence-corrected chi connectivity index (χ2v) is 5.49. The molecule has 106 valence electrons. The molecule has 0 aliphatic rings. The minimum atomic E-state index is -0.260. The first-order chi connectivity index (χ1) is 9.60. The van der Waals surface area contributed by atoms with Crippen molar-refractivity contribution in [3.05, 3.63) is 69.7 Å². The van der Waals surface area contributed by atoms with Crippen molar-refractivity contribution in [2.75, 3.05) is 0 Å². The molecule has 0 heterocycles. The van der Waals surface area contributed by atoms with Gasteiger partial charge in [-0.1, -0.05) is 35.0 Å². The molecule has 0 aromatic heterocycles. The largest absolute Gasteiger partial charge is 0.306 e. The molecule has 1 unspecified atom stereocenters. The zero-order valence-electron chi connectivity index (χ0n) is 11.2. The van der Waals surface area contributed by atoms with Crippen LogP contribution in [-0.4, -0.2) is 0 Å². The minimum Gasteiger partial charge on any atom is -0.306 e. The van der Waals surface area contributed by atoms with Crippen LogP contribution in [0.4, 0.5) is 8.78 Å². The first-order valence-electron chi connectivity index (χ1n) is 6.53. The van der Waals surface area contributed by atoms with Crippen LogP contribution < -0.4 is 5.32 Å². The van der Waals surface area contributed by atoms with Crippen LogP contribution in [0.25, 0.3) is 0 Å². The summed E-state index contributed by atoms with van der Waals surface area (Å²) in [4.78, 5) is 0. The lowest BCUT2D eigenvalue weighted by atomic mass is 10.0. The lowest BCUT2D eigenvalue weighted by molar-refractivity contribution is 0.512. The normalized spacial score (nSPS) is 12.4. The molecule has 2 aromatic carbocycles. The van der Waals surface area contributed by atoms with E-state index in [-0.39, 0.29) is 17.7 Å². The molecular formula is C16H16BrF2N. The highest BCUT2D eigenvalue weighted by molar-refractivity contribution is 9.10. The summed E-state index contributed by atoms with van der Waals surface area (Å²) in [6.45, 7) is 2.55. The summed E-state index contributed by atoms with van der Waals surface area (Å²) in [5.41, 5.74) is 1.75. The Bertz CT molecular complexity index is 586. The lowest BCUT2D eigenvalue weighted by Crippen LogP contribution is -2.20. The Balaban J connectivity index is 2.09. The van der Waals surface area contributed by atoms with Gasteiger partial charge in [0.1, 0.15) is 11.6 Å². The number of nitrogens with one attached hydrogen (secondary N) is 1. The molecule has 1 N–H and O–H groups in total. The molecule has 1 nitrogen and oxygen atoms in total. The van der Waals surface area contributed by atoms with Crippen molar-refractivity contribution in [2.24, 2.45) is 0 Å². The first-order valence-corrected chi connectivity index (χ1v) is 7.32. The predicted molar refractivity (Wildman–Crippen MR) is 80.4 cm³/mol. The monoisotopic (exact) mass is 339 g/mol. The molecule has 0 aliphatic carbocycles. The van der Waals surface area contributed by atoms with Crippen LogP contribution >= 0.6 is 15.9 Å². The standard InChI is InChI=1S/C16H16BrF2N/c1-2-16(11-4-3-5-13(18)8-11)20-10-12-9-14(19)6-7-15(12)17/h3-9,16,20H,2,10H2,1H3. The molecule has 1 atom stereocenters. The summed E-state index contributed by atoms with van der Waals surface area (Å²) in [6.07, 6.45) is 0.830. The van der Waals surface area contributed by atoms with E-state index in [1.165, 1.54) is 24.3 Å². The average molecular weight is 340 g/mol. The summed E-state index contributed by atoms with van der Waals surface area (Å²) >= 11 is 3.40. The third-order valence-corrected chi connectivity index (χ3v) is 3.98. The van der Waals surface area contributed by atoms with E-state index in [2.05, 4.69) is 21.2 Å². The highest BCUT2D eigenvalue weighted by atomic mass is 79.9. The van der Waals surface area contributed by atoms with Crippen LogP contribution in [0.15, 0.2) is 46.9 Å². The summed E-state index contributed by atoms with van der Waals surface area (Å²) in [5.74, 6) is -0.501. The third kappa shape index (κ3) is 3.87. The van der Waals surface area contributed by atoms with Crippen molar-refractivity contribution in [1.82, 2.24) is 5.32 Å². The first kappa shape index (κ1) is 15.1. The number of benzene rings is 2. The van der Waals surface area contributed by atoms with Crippen molar-refractivity contribution in [3.8, 4) is 0 Å². The number of hydrogen-bond donors (Lipinski definition) is 1. The zero-order chi connectivity index (χ0) is 14.5. The molecule has 0 radical (unpaired) electrons. The van der Waals surface area contributed by atoms with E-state index in [1.807, 2.05) is 13.0 Å². The Morgan fingerprint density at radius 3 is 2.55 bits per heavy atom. The second-order valence-electron chi connectivity index (χ2n) is 4.63. The predicted octanol–water partition coefficient (Wildman–Crippen LogP) is 4.97. The van der Waals surface area contributed by atoms with Crippen LogP contribution in [0.1, 0.15) is 30.5 Å². The van der Waals surface area contributed by atoms with Gasteiger partial charge in [0.05, 0.1) is 0 Å². The highest BCUT2D eigenvalue weighted by Crippen LogP contribution is 2.21. The summed E-state index contributed by atoms with van der Waals surface area (Å²) in [5, 5.41) is 3.33. The SMILES string of the molecule is CCC(NCc1cc(F)ccc1Br)c1cccc(F)c1. The molecule has 2 aromatic rings. The van der Waals surface area contributed by atoms with Gasteiger partial charge < -0.3 is 5.32 Å². The van der Waals surface area contributed by atoms with E-state index in [9.17, 15) is 8.78 Å². The molecular weight excluding hydrogens is 324 g/mol. The fourth-order valence-corrected chi connectivity index (χ4v) is 2.52. The van der Waals surface area contributed by atoms with E-state index in [0.717, 1.165) is 22.0 Å². The minimum absolute atomic E-state index is 0.0425. The molecule has 0 amide bonds. The van der Waals surface area contributed by atoms with Crippen molar-refractivity contribution in [3.63, 3.8) is 0 Å². The van der Waals surface area contributed by atoms with Crippen LogP contribution in [0.3, 0.4) is 0 Å². The van der Waals surface area contributed by atoms with E-state index < -0.39 is 0 Å². The van der Waals surface area contributed by atoms with Gasteiger partial charge >= 0.3 is 0 Å². The Hall–Kier alpha value is -1.26. The number of rotatable bonds is 5. The molecule has 0 spiro atoms. The Morgan fingerprint density at radius 2 is 1.85 bits per heavy atom. The molecule has 0 bridgehead atoms. The van der Waals surface area contributed by atoms with Gasteiger partial charge in [0.15, 0.2) is 0 Å². The van der Waals surface area contributed by atoms with Crippen LogP contribution in [0.2, 0.25) is 0 Å². The van der Waals surface area contributed by atoms with Gasteiger partial charge in [-0.3, -0.25) is 0 Å². The van der Waals surface area contributed by atoms with Gasteiger partial charge in [0.25, 0.3) is 0 Å². The maximum absolute atomic E-state index is 13.3. The van der Waals surface area contributed by atoms with E-state index >= 15 is 0 Å². The van der Waals surface area contributed by atoms with Gasteiger partial charge in [-0.25, -0.2) is 8.78 Å². The van der Waals surface area contributed by atoms with E-state index in [1.54, 1.807) is 12.1 Å². The lowest BCUT2D eigenvalue weighted by Gasteiger charge is -2.18. The fourth-order valence-electron chi connectivity index (χ4n) is 2.13. The summed E-state index contributed by atoms with van der Waals surface area (Å²) in [7, 11) is 0. The molecule has 2 rings (SSSR count).